The Hall–Kier alpha value is -1.61. The number of nitrogens with one attached hydrogen (secondary N) is 1. The highest BCUT2D eigenvalue weighted by molar-refractivity contribution is 8.00. The molecule has 2 heterocycles. The van der Waals surface area contributed by atoms with Gasteiger partial charge in [0.1, 0.15) is 5.25 Å². The number of methoxy groups -OCH3 is 1. The minimum Gasteiger partial charge on any atom is -0.468 e. The van der Waals surface area contributed by atoms with Gasteiger partial charge >= 0.3 is 5.97 Å². The molecule has 2 rings (SSSR count). The standard InChI is InChI=1S/C12H19N5O3S/c1-8(9(18)19-3)21-12-15-10(13-2)14-11(16-12)17-4-6-20-7-5-17/h8H,4-7H2,1-3H3,(H,13,14,15,16)/t8-/m1/s1. The summed E-state index contributed by atoms with van der Waals surface area (Å²) < 4.78 is 10.0. The van der Waals surface area contributed by atoms with Crippen LogP contribution in [0.3, 0.4) is 0 Å². The summed E-state index contributed by atoms with van der Waals surface area (Å²) in [5, 5.41) is 3.03. The molecule has 0 saturated carbocycles. The average molecular weight is 313 g/mol. The Morgan fingerprint density at radius 1 is 1.38 bits per heavy atom. The Morgan fingerprint density at radius 3 is 2.71 bits per heavy atom. The van der Waals surface area contributed by atoms with Crippen molar-refractivity contribution in [3.05, 3.63) is 0 Å². The van der Waals surface area contributed by atoms with E-state index in [4.69, 9.17) is 9.47 Å². The molecule has 0 unspecified atom stereocenters. The van der Waals surface area contributed by atoms with Crippen molar-refractivity contribution in [2.24, 2.45) is 0 Å². The molecular formula is C12H19N5O3S. The van der Waals surface area contributed by atoms with Crippen LogP contribution >= 0.6 is 11.8 Å². The molecule has 0 aromatic carbocycles. The van der Waals surface area contributed by atoms with Gasteiger partial charge in [-0.25, -0.2) is 0 Å². The average Bonchev–Trinajstić information content (AvgIpc) is 2.54. The molecule has 0 aliphatic carbocycles. The van der Waals surface area contributed by atoms with Crippen molar-refractivity contribution in [2.45, 2.75) is 17.3 Å². The maximum atomic E-state index is 11.5. The first kappa shape index (κ1) is 15.8. The van der Waals surface area contributed by atoms with Gasteiger partial charge in [0.25, 0.3) is 0 Å². The molecule has 1 aliphatic heterocycles. The number of nitrogens with zero attached hydrogens (tertiary/aromatic N) is 4. The number of rotatable bonds is 5. The summed E-state index contributed by atoms with van der Waals surface area (Å²) in [4.78, 5) is 26.6. The van der Waals surface area contributed by atoms with Crippen LogP contribution in [-0.4, -0.2) is 66.6 Å². The first-order valence-electron chi connectivity index (χ1n) is 6.65. The predicted molar refractivity (Wildman–Crippen MR) is 79.7 cm³/mol. The smallest absolute Gasteiger partial charge is 0.318 e. The summed E-state index contributed by atoms with van der Waals surface area (Å²) in [6.07, 6.45) is 0. The normalized spacial score (nSPS) is 16.4. The number of hydrogen-bond acceptors (Lipinski definition) is 9. The first-order valence-corrected chi connectivity index (χ1v) is 7.53. The van der Waals surface area contributed by atoms with Crippen LogP contribution in [0, 0.1) is 0 Å². The van der Waals surface area contributed by atoms with Crippen LogP contribution in [0.2, 0.25) is 0 Å². The molecular weight excluding hydrogens is 294 g/mol. The highest BCUT2D eigenvalue weighted by Gasteiger charge is 2.20. The molecule has 1 aromatic rings. The number of carbonyl (C=O) groups excluding carboxylic acids is 1. The van der Waals surface area contributed by atoms with Crippen molar-refractivity contribution in [1.29, 1.82) is 0 Å². The van der Waals surface area contributed by atoms with Crippen molar-refractivity contribution >= 4 is 29.6 Å². The molecule has 1 N–H and O–H groups in total. The molecule has 1 fully saturated rings. The lowest BCUT2D eigenvalue weighted by atomic mass is 10.4. The molecule has 21 heavy (non-hydrogen) atoms. The van der Waals surface area contributed by atoms with Crippen LogP contribution in [0.5, 0.6) is 0 Å². The molecule has 8 nitrogen and oxygen atoms in total. The zero-order chi connectivity index (χ0) is 15.2. The number of hydrogen-bond donors (Lipinski definition) is 1. The Kier molecular flexibility index (Phi) is 5.57. The van der Waals surface area contributed by atoms with Gasteiger partial charge in [0, 0.05) is 20.1 Å². The first-order chi connectivity index (χ1) is 10.1. The molecule has 9 heteroatoms. The number of esters is 1. The van der Waals surface area contributed by atoms with Crippen LogP contribution in [0.25, 0.3) is 0 Å². The third kappa shape index (κ3) is 4.18. The summed E-state index contributed by atoms with van der Waals surface area (Å²) in [6.45, 7) is 4.55. The topological polar surface area (TPSA) is 89.5 Å². The number of carbonyl (C=O) groups is 1. The number of ether oxygens (including phenoxy) is 2. The maximum Gasteiger partial charge on any atom is 0.318 e. The number of aromatic nitrogens is 3. The van der Waals surface area contributed by atoms with Gasteiger partial charge in [0.2, 0.25) is 11.9 Å². The fourth-order valence-electron chi connectivity index (χ4n) is 1.79. The van der Waals surface area contributed by atoms with Gasteiger partial charge in [0.15, 0.2) is 5.16 Å². The van der Waals surface area contributed by atoms with Crippen molar-refractivity contribution in [3.63, 3.8) is 0 Å². The molecule has 0 radical (unpaired) electrons. The van der Waals surface area contributed by atoms with Crippen molar-refractivity contribution in [2.75, 3.05) is 50.7 Å². The summed E-state index contributed by atoms with van der Waals surface area (Å²) in [5.41, 5.74) is 0. The fraction of sp³-hybridized carbons (Fsp3) is 0.667. The van der Waals surface area contributed by atoms with Crippen LogP contribution in [0.15, 0.2) is 5.16 Å². The number of anilines is 2. The maximum absolute atomic E-state index is 11.5. The second-order valence-electron chi connectivity index (χ2n) is 4.37. The minimum atomic E-state index is -0.375. The van der Waals surface area contributed by atoms with E-state index in [1.165, 1.54) is 18.9 Å². The van der Waals surface area contributed by atoms with Gasteiger partial charge in [-0.05, 0) is 6.92 Å². The van der Waals surface area contributed by atoms with E-state index >= 15 is 0 Å². The Morgan fingerprint density at radius 2 is 2.10 bits per heavy atom. The van der Waals surface area contributed by atoms with E-state index < -0.39 is 0 Å². The highest BCUT2D eigenvalue weighted by Crippen LogP contribution is 2.23. The Labute approximate surface area is 127 Å². The van der Waals surface area contributed by atoms with E-state index in [0.717, 1.165) is 13.1 Å². The lowest BCUT2D eigenvalue weighted by Gasteiger charge is -2.27. The lowest BCUT2D eigenvalue weighted by Crippen LogP contribution is -2.37. The van der Waals surface area contributed by atoms with Crippen molar-refractivity contribution < 1.29 is 14.3 Å². The third-order valence-corrected chi connectivity index (χ3v) is 3.88. The monoisotopic (exact) mass is 313 g/mol. The molecule has 0 amide bonds. The second kappa shape index (κ2) is 7.41. The molecule has 116 valence electrons. The number of thioether (sulfide) groups is 1. The predicted octanol–water partition coefficient (Wildman–Crippen LogP) is 0.403. The van der Waals surface area contributed by atoms with E-state index in [1.54, 1.807) is 14.0 Å². The van der Waals surface area contributed by atoms with Gasteiger partial charge in [0.05, 0.1) is 20.3 Å². The molecule has 1 aliphatic rings. The zero-order valence-corrected chi connectivity index (χ0v) is 13.1. The second-order valence-corrected chi connectivity index (χ2v) is 5.68. The Bertz CT molecular complexity index is 496. The van der Waals surface area contributed by atoms with Gasteiger partial charge in [-0.1, -0.05) is 11.8 Å². The molecule has 1 aromatic heterocycles. The minimum absolute atomic E-state index is 0.306. The third-order valence-electron chi connectivity index (χ3n) is 2.94. The van der Waals surface area contributed by atoms with E-state index in [2.05, 4.69) is 20.3 Å². The van der Waals surface area contributed by atoms with Crippen LogP contribution < -0.4 is 10.2 Å². The zero-order valence-electron chi connectivity index (χ0n) is 12.3. The summed E-state index contributed by atoms with van der Waals surface area (Å²) >= 11 is 1.25. The van der Waals surface area contributed by atoms with E-state index in [0.29, 0.717) is 30.3 Å². The van der Waals surface area contributed by atoms with E-state index in [1.807, 2.05) is 4.90 Å². The summed E-state index contributed by atoms with van der Waals surface area (Å²) in [7, 11) is 3.11. The lowest BCUT2D eigenvalue weighted by molar-refractivity contribution is -0.139. The summed E-state index contributed by atoms with van der Waals surface area (Å²) in [6, 6.07) is 0. The fourth-order valence-corrected chi connectivity index (χ4v) is 2.57. The number of morpholine rings is 1. The highest BCUT2D eigenvalue weighted by atomic mass is 32.2. The van der Waals surface area contributed by atoms with Gasteiger partial charge in [-0.15, -0.1) is 0 Å². The molecule has 1 atom stereocenters. The van der Waals surface area contributed by atoms with Crippen LogP contribution in [0.4, 0.5) is 11.9 Å². The van der Waals surface area contributed by atoms with Crippen LogP contribution in [0.1, 0.15) is 6.92 Å². The molecule has 0 spiro atoms. The van der Waals surface area contributed by atoms with Gasteiger partial charge < -0.3 is 19.7 Å². The van der Waals surface area contributed by atoms with Gasteiger partial charge in [-0.3, -0.25) is 4.79 Å². The SMILES string of the molecule is CNc1nc(S[C@H](C)C(=O)OC)nc(N2CCOCC2)n1. The molecule has 1 saturated heterocycles. The van der Waals surface area contributed by atoms with Crippen molar-refractivity contribution in [3.8, 4) is 0 Å². The Balaban J connectivity index is 2.18. The largest absolute Gasteiger partial charge is 0.468 e. The summed E-state index contributed by atoms with van der Waals surface area (Å²) in [5.74, 6) is 0.766. The van der Waals surface area contributed by atoms with Crippen LogP contribution in [-0.2, 0) is 14.3 Å². The van der Waals surface area contributed by atoms with Gasteiger partial charge in [-0.2, -0.15) is 15.0 Å². The van der Waals surface area contributed by atoms with E-state index in [9.17, 15) is 4.79 Å². The molecule has 0 bridgehead atoms. The van der Waals surface area contributed by atoms with Crippen molar-refractivity contribution in [1.82, 2.24) is 15.0 Å². The quantitative estimate of drug-likeness (QED) is 0.613. The van der Waals surface area contributed by atoms with E-state index in [-0.39, 0.29) is 11.2 Å².